The van der Waals surface area contributed by atoms with E-state index in [1.165, 1.54) is 24.3 Å². The summed E-state index contributed by atoms with van der Waals surface area (Å²) in [5.41, 5.74) is -3.75. The quantitative estimate of drug-likeness (QED) is 0.820. The van der Waals surface area contributed by atoms with Crippen LogP contribution in [0.1, 0.15) is 24.0 Å². The van der Waals surface area contributed by atoms with Gasteiger partial charge in [0.15, 0.2) is 0 Å². The highest BCUT2D eigenvalue weighted by molar-refractivity contribution is 5.88. The third kappa shape index (κ3) is 3.77. The summed E-state index contributed by atoms with van der Waals surface area (Å²) in [7, 11) is 0. The first-order valence-electron chi connectivity index (χ1n) is 9.06. The van der Waals surface area contributed by atoms with Gasteiger partial charge in [-0.3, -0.25) is 4.79 Å². The average molecular weight is 393 g/mol. The van der Waals surface area contributed by atoms with Gasteiger partial charge in [-0.2, -0.15) is 13.2 Å². The Morgan fingerprint density at radius 2 is 1.54 bits per heavy atom. The predicted octanol–water partition coefficient (Wildman–Crippen LogP) is 3.30. The molecule has 1 fully saturated rings. The fourth-order valence-corrected chi connectivity index (χ4v) is 3.58. The number of hydrogen-bond acceptors (Lipinski definition) is 3. The highest BCUT2D eigenvalue weighted by atomic mass is 19.4. The molecule has 4 nitrogen and oxygen atoms in total. The number of halogens is 3. The second-order valence-electron chi connectivity index (χ2n) is 6.97. The van der Waals surface area contributed by atoms with Crippen LogP contribution in [-0.2, 0) is 20.5 Å². The Morgan fingerprint density at radius 1 is 1.00 bits per heavy atom. The van der Waals surface area contributed by atoms with Crippen molar-refractivity contribution >= 4 is 5.91 Å². The zero-order valence-electron chi connectivity index (χ0n) is 15.2. The smallest absolute Gasteiger partial charge is 0.381 e. The Hall–Kier alpha value is -2.38. The molecule has 1 aliphatic rings. The SMILES string of the molecule is O=C(NC[C@](O)(c1ccccc1)C(F)(F)F)C1(c2ccccc2)CCOCC1. The number of alkyl halides is 3. The maximum atomic E-state index is 13.7. The summed E-state index contributed by atoms with van der Waals surface area (Å²) in [4.78, 5) is 13.1. The van der Waals surface area contributed by atoms with Crippen molar-refractivity contribution in [1.82, 2.24) is 5.32 Å². The standard InChI is InChI=1S/C21H22F3NO3/c22-21(23,24)20(27,17-9-5-2-6-10-17)15-25-18(26)19(11-13-28-14-12-19)16-7-3-1-4-8-16/h1-10,27H,11-15H2,(H,25,26)/t20-/m0/s1. The van der Waals surface area contributed by atoms with Gasteiger partial charge in [0.2, 0.25) is 11.5 Å². The molecule has 0 unspecified atom stereocenters. The zero-order valence-corrected chi connectivity index (χ0v) is 15.2. The molecule has 1 heterocycles. The molecule has 1 atom stereocenters. The van der Waals surface area contributed by atoms with Crippen LogP contribution in [-0.4, -0.2) is 36.9 Å². The number of hydrogen-bond donors (Lipinski definition) is 2. The van der Waals surface area contributed by atoms with Crippen LogP contribution in [0.2, 0.25) is 0 Å². The number of rotatable bonds is 5. The van der Waals surface area contributed by atoms with Gasteiger partial charge >= 0.3 is 6.18 Å². The maximum Gasteiger partial charge on any atom is 0.423 e. The molecular formula is C21H22F3NO3. The molecule has 0 bridgehead atoms. The highest BCUT2D eigenvalue weighted by Crippen LogP contribution is 2.39. The van der Waals surface area contributed by atoms with Crippen molar-refractivity contribution in [1.29, 1.82) is 0 Å². The Morgan fingerprint density at radius 3 is 2.07 bits per heavy atom. The first-order valence-corrected chi connectivity index (χ1v) is 9.06. The molecule has 0 radical (unpaired) electrons. The van der Waals surface area contributed by atoms with E-state index in [1.54, 1.807) is 30.3 Å². The average Bonchev–Trinajstić information content (AvgIpc) is 2.72. The molecule has 150 valence electrons. The first kappa shape index (κ1) is 20.4. The van der Waals surface area contributed by atoms with Crippen molar-refractivity contribution in [2.24, 2.45) is 0 Å². The molecule has 0 saturated carbocycles. The summed E-state index contributed by atoms with van der Waals surface area (Å²) in [6.45, 7) is -0.288. The Kier molecular flexibility index (Phi) is 5.76. The fraction of sp³-hybridized carbons (Fsp3) is 0.381. The van der Waals surface area contributed by atoms with Crippen LogP contribution >= 0.6 is 0 Å². The molecule has 0 spiro atoms. The number of nitrogens with one attached hydrogen (secondary N) is 1. The van der Waals surface area contributed by atoms with Crippen LogP contribution in [0.3, 0.4) is 0 Å². The molecule has 1 saturated heterocycles. The number of ether oxygens (including phenoxy) is 1. The van der Waals surface area contributed by atoms with Crippen molar-refractivity contribution in [3.05, 3.63) is 71.8 Å². The van der Waals surface area contributed by atoms with Crippen molar-refractivity contribution in [2.45, 2.75) is 30.0 Å². The maximum absolute atomic E-state index is 13.7. The number of amides is 1. The van der Waals surface area contributed by atoms with E-state index in [0.29, 0.717) is 26.1 Å². The normalized spacial score (nSPS) is 18.9. The van der Waals surface area contributed by atoms with Gasteiger partial charge in [0.1, 0.15) is 0 Å². The van der Waals surface area contributed by atoms with Crippen LogP contribution in [0.4, 0.5) is 13.2 Å². The summed E-state index contributed by atoms with van der Waals surface area (Å²) in [6.07, 6.45) is -4.23. The van der Waals surface area contributed by atoms with E-state index in [-0.39, 0.29) is 5.56 Å². The van der Waals surface area contributed by atoms with Gasteiger partial charge in [0.05, 0.1) is 12.0 Å². The molecule has 1 aliphatic heterocycles. The molecule has 0 aliphatic carbocycles. The topological polar surface area (TPSA) is 58.6 Å². The Labute approximate surface area is 161 Å². The monoisotopic (exact) mass is 393 g/mol. The van der Waals surface area contributed by atoms with Crippen LogP contribution < -0.4 is 5.32 Å². The lowest BCUT2D eigenvalue weighted by Gasteiger charge is -2.38. The van der Waals surface area contributed by atoms with Crippen molar-refractivity contribution < 1.29 is 27.8 Å². The largest absolute Gasteiger partial charge is 0.423 e. The van der Waals surface area contributed by atoms with Crippen molar-refractivity contribution in [3.8, 4) is 0 Å². The lowest BCUT2D eigenvalue weighted by Crippen LogP contribution is -2.55. The van der Waals surface area contributed by atoms with E-state index >= 15 is 0 Å². The number of carbonyl (C=O) groups excluding carboxylic acids is 1. The third-order valence-corrected chi connectivity index (χ3v) is 5.33. The van der Waals surface area contributed by atoms with Gasteiger partial charge in [-0.1, -0.05) is 60.7 Å². The predicted molar refractivity (Wildman–Crippen MR) is 97.6 cm³/mol. The minimum Gasteiger partial charge on any atom is -0.381 e. The molecule has 7 heteroatoms. The number of carbonyl (C=O) groups is 1. The summed E-state index contributed by atoms with van der Waals surface area (Å²) < 4.78 is 46.4. The van der Waals surface area contributed by atoms with Gasteiger partial charge in [0, 0.05) is 13.2 Å². The summed E-state index contributed by atoms with van der Waals surface area (Å²) in [6, 6.07) is 15.7. The van der Waals surface area contributed by atoms with Gasteiger partial charge in [-0.15, -0.1) is 0 Å². The number of aliphatic hydroxyl groups is 1. The van der Waals surface area contributed by atoms with E-state index in [1.807, 2.05) is 6.07 Å². The molecule has 2 aromatic carbocycles. The summed E-state index contributed by atoms with van der Waals surface area (Å²) in [5.74, 6) is -0.541. The molecule has 2 aromatic rings. The second-order valence-corrected chi connectivity index (χ2v) is 6.97. The highest BCUT2D eigenvalue weighted by Gasteiger charge is 2.55. The van der Waals surface area contributed by atoms with E-state index in [4.69, 9.17) is 4.74 Å². The molecule has 3 rings (SSSR count). The molecule has 2 N–H and O–H groups in total. The lowest BCUT2D eigenvalue weighted by molar-refractivity contribution is -0.264. The van der Waals surface area contributed by atoms with Crippen LogP contribution in [0, 0.1) is 0 Å². The van der Waals surface area contributed by atoms with Crippen molar-refractivity contribution in [2.75, 3.05) is 19.8 Å². The van der Waals surface area contributed by atoms with Gasteiger partial charge in [-0.25, -0.2) is 0 Å². The summed E-state index contributed by atoms with van der Waals surface area (Å²) in [5, 5.41) is 12.8. The first-order chi connectivity index (χ1) is 13.3. The molecule has 1 amide bonds. The van der Waals surface area contributed by atoms with Crippen LogP contribution in [0.25, 0.3) is 0 Å². The second kappa shape index (κ2) is 7.93. The zero-order chi connectivity index (χ0) is 20.3. The Bertz CT molecular complexity index is 790. The van der Waals surface area contributed by atoms with E-state index in [9.17, 15) is 23.1 Å². The van der Waals surface area contributed by atoms with Gasteiger partial charge < -0.3 is 15.2 Å². The summed E-state index contributed by atoms with van der Waals surface area (Å²) >= 11 is 0. The molecular weight excluding hydrogens is 371 g/mol. The minimum atomic E-state index is -4.95. The van der Waals surface area contributed by atoms with E-state index in [0.717, 1.165) is 5.56 Å². The van der Waals surface area contributed by atoms with Gasteiger partial charge in [-0.05, 0) is 24.0 Å². The lowest BCUT2D eigenvalue weighted by atomic mass is 9.73. The number of benzene rings is 2. The Balaban J connectivity index is 1.87. The van der Waals surface area contributed by atoms with E-state index < -0.39 is 29.6 Å². The van der Waals surface area contributed by atoms with Crippen LogP contribution in [0.15, 0.2) is 60.7 Å². The van der Waals surface area contributed by atoms with Crippen LogP contribution in [0.5, 0.6) is 0 Å². The van der Waals surface area contributed by atoms with Gasteiger partial charge in [0.25, 0.3) is 0 Å². The third-order valence-electron chi connectivity index (χ3n) is 5.33. The van der Waals surface area contributed by atoms with E-state index in [2.05, 4.69) is 5.32 Å². The molecule has 0 aromatic heterocycles. The molecule has 28 heavy (non-hydrogen) atoms. The fourth-order valence-electron chi connectivity index (χ4n) is 3.58. The minimum absolute atomic E-state index is 0.316. The van der Waals surface area contributed by atoms with Crippen molar-refractivity contribution in [3.63, 3.8) is 0 Å².